The van der Waals surface area contributed by atoms with Crippen LogP contribution in [0.3, 0.4) is 0 Å². The number of nitrogens with zero attached hydrogens (tertiary/aromatic N) is 1. The molecule has 2 aliphatic rings. The Bertz CT molecular complexity index is 6870. The van der Waals surface area contributed by atoms with E-state index in [-0.39, 0.29) is 4.90 Å². The largest absolute Gasteiger partial charge is 0.310 e. The summed E-state index contributed by atoms with van der Waals surface area (Å²) >= 11 is 0. The summed E-state index contributed by atoms with van der Waals surface area (Å²) in [6.45, 7) is -8.29. The van der Waals surface area contributed by atoms with Crippen molar-refractivity contribution < 1.29 is 68.5 Å². The Kier molecular flexibility index (Phi) is 3.62. The van der Waals surface area contributed by atoms with Gasteiger partial charge in [-0.3, -0.25) is 0 Å². The molecule has 0 radical (unpaired) electrons. The topological polar surface area (TPSA) is 3.24 Å². The van der Waals surface area contributed by atoms with E-state index in [4.69, 9.17) is 32.9 Å². The van der Waals surface area contributed by atoms with Crippen LogP contribution in [0.2, 0.25) is 0 Å². The van der Waals surface area contributed by atoms with Gasteiger partial charge in [-0.25, -0.2) is 0 Å². The molecule has 1 heteroatoms. The lowest BCUT2D eigenvalue weighted by Crippen LogP contribution is -2.28. The predicted octanol–water partition coefficient (Wildman–Crippen LogP) is 19.1. The third-order valence-corrected chi connectivity index (χ3v) is 12.2. The molecular weight excluding hydrogens is 879 g/mol. The van der Waals surface area contributed by atoms with Crippen LogP contribution >= 0.6 is 0 Å². The quantitative estimate of drug-likeness (QED) is 0.147. The average molecular weight is 981 g/mol. The van der Waals surface area contributed by atoms with Gasteiger partial charge >= 0.3 is 0 Å². The highest BCUT2D eigenvalue weighted by atomic mass is 15.1. The maximum Gasteiger partial charge on any atom is 0.0714 e. The highest BCUT2D eigenvalue weighted by Gasteiger charge is 2.46. The van der Waals surface area contributed by atoms with E-state index in [0.29, 0.717) is 6.07 Å². The van der Waals surface area contributed by atoms with Gasteiger partial charge in [0.25, 0.3) is 0 Å². The lowest BCUT2D eigenvalue weighted by atomic mass is 9.67. The van der Waals surface area contributed by atoms with Crippen LogP contribution in [0, 0.1) is 0 Å². The molecule has 0 aliphatic heterocycles. The molecular formula is C72H51N. The van der Waals surface area contributed by atoms with Gasteiger partial charge in [-0.15, -0.1) is 0 Å². The van der Waals surface area contributed by atoms with E-state index in [1.165, 1.54) is 0 Å². The van der Waals surface area contributed by atoms with Crippen molar-refractivity contribution >= 4 is 38.6 Å². The van der Waals surface area contributed by atoms with Crippen molar-refractivity contribution in [3.8, 4) is 55.6 Å². The molecule has 0 heterocycles. The van der Waals surface area contributed by atoms with Crippen molar-refractivity contribution in [1.29, 1.82) is 0 Å². The second-order valence-electron chi connectivity index (χ2n) is 16.1. The minimum atomic E-state index is -4.15. The van der Waals surface area contributed by atoms with Gasteiger partial charge in [0.1, 0.15) is 0 Å². The van der Waals surface area contributed by atoms with E-state index in [9.17, 15) is 35.6 Å². The maximum atomic E-state index is 11.0. The molecule has 0 atom stereocenters. The third-order valence-electron chi connectivity index (χ3n) is 12.2. The van der Waals surface area contributed by atoms with Gasteiger partial charge < -0.3 is 4.90 Å². The van der Waals surface area contributed by atoms with Crippen LogP contribution in [0.4, 0.5) is 17.1 Å². The number of rotatable bonds is 8. The van der Waals surface area contributed by atoms with Crippen molar-refractivity contribution in [2.24, 2.45) is 0 Å². The maximum absolute atomic E-state index is 11.0. The Morgan fingerprint density at radius 1 is 0.329 bits per heavy atom. The molecule has 1 nitrogen and oxygen atoms in total. The SMILES string of the molecule is [2H]c1cc(N(c2c([2H])c([2H])c([2H])c(-c3c([2H])c([2H])c4c(c3[2H])C(C([2H])([2H])[2H])(C([2H])([2H])[2H])c3c([2H])c([2H])c([2H])c([2H])c3-4)c2[2H])c2c([2H])c([2H])c3c(c2[2H])C(c2c([2H])c([2H])c([2H])c([2H])c2[2H])(c2c([2H])c([2H])c([2H])c([2H])c2[2H])c2c([2H])c([2H])c([2H])c([2H])c2-3)c([2H])c([2H])c1-c1c([2H])c([2H])c2c([2H])c([2H])c([2H])c([2H])c2c1-c1c([2H])c([2H])c2c([2H])c([2H])c([2H])c([2H])c2c1[2H]. The van der Waals surface area contributed by atoms with Gasteiger partial charge in [0.2, 0.25) is 0 Å². The van der Waals surface area contributed by atoms with Crippen molar-refractivity contribution in [3.05, 3.63) is 305 Å². The number of hydrogen-bond donors (Lipinski definition) is 0. The van der Waals surface area contributed by atoms with Crippen LogP contribution in [0.1, 0.15) is 116 Å². The van der Waals surface area contributed by atoms with E-state index in [0.717, 1.165) is 0 Å². The Hall–Kier alpha value is -9.04. The molecule has 2 aliphatic carbocycles. The highest BCUT2D eigenvalue weighted by molar-refractivity contribution is 6.06. The third kappa shape index (κ3) is 6.69. The fraction of sp³-hybridized carbons (Fsp3) is 0.0556. The minimum absolute atomic E-state index is 0.0863. The smallest absolute Gasteiger partial charge is 0.0714 e. The number of fused-ring (bicyclic) bond motifs is 8. The standard InChI is InChI=1S/C72H51N/c1-71(2)66-30-15-13-28-62(66)64-42-37-53(46-68(64)71)52-21-17-26-58(45-52)73(59-40-43-65-63-29-14-16-31-67(63)72(69(65)47-59,55-22-5-3-6-23-55)56-24-7-4-8-25-56)57-38-34-50(35-39-57)61-41-36-49-19-11-12-27-60(49)70(61)54-33-32-48-18-9-10-20-51(48)44-54/h3-47H,1-2H3/i1D3,2D3,3D,4D,5D,6D,7D,8D,9D,10D,11D,12D,13D,14D,15D,16D,17D,18D,19D,20D,21D,22D,23D,24D,25D,26D,27D,28D,29D,30D,31D,32D,33D,34D,35D,36D,37D,38D,40D,41D,42D,43D,44D,45D,46D,47D. The van der Waals surface area contributed by atoms with E-state index >= 15 is 0 Å². The van der Waals surface area contributed by atoms with Gasteiger partial charge in [-0.2, -0.15) is 0 Å². The lowest BCUT2D eigenvalue weighted by molar-refractivity contribution is 0.660. The van der Waals surface area contributed by atoms with E-state index in [1.54, 1.807) is 0 Å². The normalized spacial score (nSPS) is 23.6. The summed E-state index contributed by atoms with van der Waals surface area (Å²) in [6, 6.07) is -58.4. The zero-order chi connectivity index (χ0) is 92.0. The Morgan fingerprint density at radius 3 is 1.68 bits per heavy atom. The second-order valence-corrected chi connectivity index (χ2v) is 16.1. The molecule has 0 saturated carbocycles. The molecule has 0 fully saturated rings. The molecule has 0 unspecified atom stereocenters. The summed E-state index contributed by atoms with van der Waals surface area (Å²) < 4.78 is 473. The molecule has 0 saturated heterocycles. The van der Waals surface area contributed by atoms with Crippen LogP contribution in [-0.4, -0.2) is 0 Å². The molecule has 12 aromatic carbocycles. The molecule has 344 valence electrons. The molecule has 0 bridgehead atoms. The summed E-state index contributed by atoms with van der Waals surface area (Å²) in [4.78, 5) is 0.0863. The zero-order valence-electron chi connectivity index (χ0n) is 86.5. The summed E-state index contributed by atoms with van der Waals surface area (Å²) in [5.41, 5.74) is -31.9. The van der Waals surface area contributed by atoms with Crippen LogP contribution < -0.4 is 4.90 Å². The average Bonchev–Trinajstić information content (AvgIpc) is 1.51. The van der Waals surface area contributed by atoms with E-state index in [1.807, 2.05) is 0 Å². The monoisotopic (exact) mass is 980 g/mol. The minimum Gasteiger partial charge on any atom is -0.310 e. The number of benzene rings is 12. The van der Waals surface area contributed by atoms with Gasteiger partial charge in [-0.1, -0.05) is 237 Å². The molecule has 0 aromatic heterocycles. The fourth-order valence-electron chi connectivity index (χ4n) is 9.06. The van der Waals surface area contributed by atoms with Gasteiger partial charge in [-0.05, 0) is 159 Å². The summed E-state index contributed by atoms with van der Waals surface area (Å²) in [6.07, 6.45) is 0. The Balaban J connectivity index is 1.24. The van der Waals surface area contributed by atoms with Crippen LogP contribution in [0.5, 0.6) is 0 Å². The van der Waals surface area contributed by atoms with Crippen LogP contribution in [0.15, 0.2) is 272 Å². The summed E-state index contributed by atoms with van der Waals surface area (Å²) in [5.74, 6) is 0. The molecule has 14 rings (SSSR count). The Labute approximate surface area is 498 Å². The van der Waals surface area contributed by atoms with Crippen LogP contribution in [0.25, 0.3) is 77.2 Å². The van der Waals surface area contributed by atoms with Crippen molar-refractivity contribution in [1.82, 2.24) is 0 Å². The zero-order valence-corrected chi connectivity index (χ0v) is 36.5. The number of anilines is 3. The molecule has 0 spiro atoms. The molecule has 0 amide bonds. The van der Waals surface area contributed by atoms with Crippen molar-refractivity contribution in [2.45, 2.75) is 24.5 Å². The van der Waals surface area contributed by atoms with Crippen LogP contribution in [-0.2, 0) is 10.8 Å². The molecule has 73 heavy (non-hydrogen) atoms. The van der Waals surface area contributed by atoms with Crippen molar-refractivity contribution in [2.75, 3.05) is 4.90 Å². The van der Waals surface area contributed by atoms with E-state index in [2.05, 4.69) is 0 Å². The number of hydrogen-bond acceptors (Lipinski definition) is 1. The Morgan fingerprint density at radius 2 is 0.890 bits per heavy atom. The first-order chi connectivity index (χ1) is 56.8. The van der Waals surface area contributed by atoms with Gasteiger partial charge in [0, 0.05) is 30.7 Å². The van der Waals surface area contributed by atoms with E-state index < -0.39 is 418 Å². The first-order valence-corrected chi connectivity index (χ1v) is 21.5. The first-order valence-electron chi connectivity index (χ1n) is 46.5. The molecule has 12 aromatic rings. The lowest BCUT2D eigenvalue weighted by Gasteiger charge is -2.35. The van der Waals surface area contributed by atoms with Crippen molar-refractivity contribution in [3.63, 3.8) is 0 Å². The fourth-order valence-corrected chi connectivity index (χ4v) is 9.06. The highest BCUT2D eigenvalue weighted by Crippen LogP contribution is 2.58. The summed E-state index contributed by atoms with van der Waals surface area (Å²) in [7, 11) is 0. The summed E-state index contributed by atoms with van der Waals surface area (Å²) in [5, 5.41) is -3.48. The van der Waals surface area contributed by atoms with Gasteiger partial charge in [0.05, 0.1) is 65.7 Å². The predicted molar refractivity (Wildman–Crippen MR) is 307 cm³/mol. The second kappa shape index (κ2) is 16.8. The first kappa shape index (κ1) is 15.7. The van der Waals surface area contributed by atoms with Gasteiger partial charge in [0.15, 0.2) is 0 Å². The molecule has 0 N–H and O–H groups in total.